The summed E-state index contributed by atoms with van der Waals surface area (Å²) in [6, 6.07) is 3.47. The fourth-order valence-electron chi connectivity index (χ4n) is 2.39. The fraction of sp³-hybridized carbons (Fsp3) is 0.533. The van der Waals surface area contributed by atoms with Gasteiger partial charge in [-0.25, -0.2) is 4.79 Å². The summed E-state index contributed by atoms with van der Waals surface area (Å²) in [6.07, 6.45) is -0.436. The summed E-state index contributed by atoms with van der Waals surface area (Å²) in [6.45, 7) is 6.61. The smallest absolute Gasteiger partial charge is 0.410 e. The molecule has 1 amide bonds. The molecule has 1 saturated heterocycles. The van der Waals surface area contributed by atoms with Gasteiger partial charge in [0.05, 0.1) is 11.0 Å². The topological polar surface area (TPSA) is 105 Å². The van der Waals surface area contributed by atoms with E-state index in [4.69, 9.17) is 4.74 Å². The molecule has 2 rings (SSSR count). The highest BCUT2D eigenvalue weighted by atomic mass is 16.6. The zero-order chi connectivity index (χ0) is 17.2. The first-order valence-electron chi connectivity index (χ1n) is 7.36. The van der Waals surface area contributed by atoms with Gasteiger partial charge in [0.2, 0.25) is 0 Å². The molecule has 0 saturated carbocycles. The average molecular weight is 323 g/mol. The number of hydrogen-bond acceptors (Lipinski definition) is 6. The first kappa shape index (κ1) is 17.0. The molecule has 8 heteroatoms. The number of phenolic OH excluding ortho intramolecular Hbond substituents is 1. The van der Waals surface area contributed by atoms with E-state index in [1.807, 2.05) is 0 Å². The largest absolute Gasteiger partial charge is 0.508 e. The number of nitrogens with one attached hydrogen (secondary N) is 1. The number of nitrogens with zero attached hydrogens (tertiary/aromatic N) is 2. The third-order valence-corrected chi connectivity index (χ3v) is 3.42. The quantitative estimate of drug-likeness (QED) is 0.638. The molecule has 0 aliphatic carbocycles. The fourth-order valence-corrected chi connectivity index (χ4v) is 2.39. The van der Waals surface area contributed by atoms with Crippen LogP contribution in [0.2, 0.25) is 0 Å². The molecule has 126 valence electrons. The molecule has 8 nitrogen and oxygen atoms in total. The van der Waals surface area contributed by atoms with Gasteiger partial charge in [-0.3, -0.25) is 10.1 Å². The zero-order valence-electron chi connectivity index (χ0n) is 13.4. The Hall–Kier alpha value is -2.35. The first-order chi connectivity index (χ1) is 10.7. The number of amides is 1. The number of rotatable bonds is 2. The number of benzene rings is 1. The van der Waals surface area contributed by atoms with Crippen molar-refractivity contribution in [2.24, 2.45) is 0 Å². The van der Waals surface area contributed by atoms with Crippen molar-refractivity contribution in [3.05, 3.63) is 33.9 Å². The van der Waals surface area contributed by atoms with Crippen LogP contribution in [0.15, 0.2) is 18.2 Å². The summed E-state index contributed by atoms with van der Waals surface area (Å²) >= 11 is 0. The van der Waals surface area contributed by atoms with E-state index in [0.717, 1.165) is 0 Å². The number of nitro groups is 1. The van der Waals surface area contributed by atoms with Crippen LogP contribution in [0.4, 0.5) is 10.5 Å². The third kappa shape index (κ3) is 4.32. The maximum atomic E-state index is 12.2. The molecule has 1 fully saturated rings. The van der Waals surface area contributed by atoms with Crippen molar-refractivity contribution in [1.29, 1.82) is 0 Å². The van der Waals surface area contributed by atoms with E-state index in [-0.39, 0.29) is 18.0 Å². The molecule has 1 heterocycles. The maximum Gasteiger partial charge on any atom is 0.410 e. The van der Waals surface area contributed by atoms with E-state index in [0.29, 0.717) is 18.7 Å². The number of piperazine rings is 1. The molecule has 23 heavy (non-hydrogen) atoms. The van der Waals surface area contributed by atoms with Crippen molar-refractivity contribution in [2.75, 3.05) is 19.6 Å². The summed E-state index contributed by atoms with van der Waals surface area (Å²) in [5.74, 6) is -0.0425. The normalized spacial score (nSPS) is 18.6. The molecule has 1 aromatic carbocycles. The number of phenols is 1. The van der Waals surface area contributed by atoms with Gasteiger partial charge >= 0.3 is 6.09 Å². The van der Waals surface area contributed by atoms with Crippen LogP contribution in [0.25, 0.3) is 0 Å². The van der Waals surface area contributed by atoms with E-state index in [1.54, 1.807) is 20.8 Å². The van der Waals surface area contributed by atoms with E-state index >= 15 is 0 Å². The molecule has 0 bridgehead atoms. The molecule has 2 N–H and O–H groups in total. The van der Waals surface area contributed by atoms with Gasteiger partial charge in [-0.1, -0.05) is 0 Å². The van der Waals surface area contributed by atoms with Crippen molar-refractivity contribution in [3.8, 4) is 5.75 Å². The molecule has 0 spiro atoms. The van der Waals surface area contributed by atoms with Crippen LogP contribution in [0.1, 0.15) is 32.4 Å². The van der Waals surface area contributed by atoms with E-state index in [1.165, 1.54) is 23.1 Å². The Bertz CT molecular complexity index is 612. The minimum absolute atomic E-state index is 0.0425. The SMILES string of the molecule is CC(C)(C)OC(=O)N1CCNC(c2cc([N+](=O)[O-])ccc2O)C1. The number of ether oxygens (including phenoxy) is 1. The summed E-state index contributed by atoms with van der Waals surface area (Å²) in [5, 5.41) is 24.0. The molecule has 1 unspecified atom stereocenters. The summed E-state index contributed by atoms with van der Waals surface area (Å²) in [7, 11) is 0. The van der Waals surface area contributed by atoms with Crippen LogP contribution in [-0.4, -0.2) is 46.3 Å². The Morgan fingerprint density at radius 3 is 2.78 bits per heavy atom. The van der Waals surface area contributed by atoms with Gasteiger partial charge in [0, 0.05) is 37.3 Å². The third-order valence-electron chi connectivity index (χ3n) is 3.42. The standard InChI is InChI=1S/C15H21N3O5/c1-15(2,3)23-14(20)17-7-6-16-12(9-17)11-8-10(18(21)22)4-5-13(11)19/h4-5,8,12,16,19H,6-7,9H2,1-3H3. The lowest BCUT2D eigenvalue weighted by Gasteiger charge is -2.35. The number of aromatic hydroxyl groups is 1. The van der Waals surface area contributed by atoms with Crippen molar-refractivity contribution in [3.63, 3.8) is 0 Å². The number of nitro benzene ring substituents is 1. The molecule has 0 aromatic heterocycles. The van der Waals surface area contributed by atoms with Crippen molar-refractivity contribution >= 4 is 11.8 Å². The Kier molecular flexibility index (Phi) is 4.74. The van der Waals surface area contributed by atoms with Gasteiger partial charge < -0.3 is 20.1 Å². The van der Waals surface area contributed by atoms with Gasteiger partial charge in [-0.05, 0) is 26.8 Å². The molecule has 0 radical (unpaired) electrons. The second-order valence-corrected chi connectivity index (χ2v) is 6.43. The minimum atomic E-state index is -0.592. The summed E-state index contributed by atoms with van der Waals surface area (Å²) in [5.41, 5.74) is -0.299. The van der Waals surface area contributed by atoms with E-state index in [9.17, 15) is 20.0 Å². The van der Waals surface area contributed by atoms with Crippen LogP contribution in [-0.2, 0) is 4.74 Å². The molecule has 1 atom stereocenters. The molecule has 1 aliphatic rings. The van der Waals surface area contributed by atoms with Crippen LogP contribution in [0.3, 0.4) is 0 Å². The molecular formula is C15H21N3O5. The highest BCUT2D eigenvalue weighted by molar-refractivity contribution is 5.68. The van der Waals surface area contributed by atoms with Crippen LogP contribution < -0.4 is 5.32 Å². The van der Waals surface area contributed by atoms with Gasteiger partial charge in [-0.2, -0.15) is 0 Å². The Morgan fingerprint density at radius 1 is 1.48 bits per heavy atom. The van der Waals surface area contributed by atoms with Gasteiger partial charge in [0.15, 0.2) is 0 Å². The Morgan fingerprint density at radius 2 is 2.17 bits per heavy atom. The second-order valence-electron chi connectivity index (χ2n) is 6.43. The Labute approximate surface area is 134 Å². The zero-order valence-corrected chi connectivity index (χ0v) is 13.4. The second kappa shape index (κ2) is 6.41. The summed E-state index contributed by atoms with van der Waals surface area (Å²) < 4.78 is 5.34. The number of carbonyl (C=O) groups excluding carboxylic acids is 1. The van der Waals surface area contributed by atoms with E-state index in [2.05, 4.69) is 5.32 Å². The van der Waals surface area contributed by atoms with Crippen LogP contribution in [0, 0.1) is 10.1 Å². The highest BCUT2D eigenvalue weighted by Crippen LogP contribution is 2.30. The number of hydrogen-bond donors (Lipinski definition) is 2. The lowest BCUT2D eigenvalue weighted by Crippen LogP contribution is -2.49. The summed E-state index contributed by atoms with van der Waals surface area (Å²) in [4.78, 5) is 24.1. The predicted molar refractivity (Wildman–Crippen MR) is 83.3 cm³/mol. The highest BCUT2D eigenvalue weighted by Gasteiger charge is 2.29. The van der Waals surface area contributed by atoms with Crippen molar-refractivity contribution < 1.29 is 19.6 Å². The Balaban J connectivity index is 2.17. The van der Waals surface area contributed by atoms with Crippen LogP contribution in [0.5, 0.6) is 5.75 Å². The molecule has 1 aromatic rings. The minimum Gasteiger partial charge on any atom is -0.508 e. The van der Waals surface area contributed by atoms with Crippen molar-refractivity contribution in [1.82, 2.24) is 10.2 Å². The van der Waals surface area contributed by atoms with Crippen LogP contribution >= 0.6 is 0 Å². The number of carbonyl (C=O) groups is 1. The lowest BCUT2D eigenvalue weighted by atomic mass is 10.0. The van der Waals surface area contributed by atoms with E-state index < -0.39 is 22.7 Å². The van der Waals surface area contributed by atoms with Crippen molar-refractivity contribution in [2.45, 2.75) is 32.4 Å². The molecule has 1 aliphatic heterocycles. The average Bonchev–Trinajstić information content (AvgIpc) is 2.46. The maximum absolute atomic E-state index is 12.2. The number of non-ortho nitro benzene ring substituents is 1. The monoisotopic (exact) mass is 323 g/mol. The molecular weight excluding hydrogens is 302 g/mol. The first-order valence-corrected chi connectivity index (χ1v) is 7.36. The van der Waals surface area contributed by atoms with Gasteiger partial charge in [0.1, 0.15) is 11.4 Å². The lowest BCUT2D eigenvalue weighted by molar-refractivity contribution is -0.385. The van der Waals surface area contributed by atoms with Gasteiger partial charge in [-0.15, -0.1) is 0 Å². The predicted octanol–water partition coefficient (Wildman–Crippen LogP) is 2.18. The van der Waals surface area contributed by atoms with Gasteiger partial charge in [0.25, 0.3) is 5.69 Å².